The molecule has 0 amide bonds. The fraction of sp³-hybridized carbons (Fsp3) is 0.0175. The zero-order chi connectivity index (χ0) is 42.8. The van der Waals surface area contributed by atoms with Crippen LogP contribution in [0.3, 0.4) is 0 Å². The number of anilines is 1. The molecule has 0 aliphatic carbocycles. The summed E-state index contributed by atoms with van der Waals surface area (Å²) < 4.78 is 14.1. The number of hydrogen-bond acceptors (Lipinski definition) is 5. The summed E-state index contributed by atoms with van der Waals surface area (Å²) in [6, 6.07) is 75.6. The Hall–Kier alpha value is -7.15. The third-order valence-electron chi connectivity index (χ3n) is 10.0. The van der Waals surface area contributed by atoms with Gasteiger partial charge in [-0.3, -0.25) is 11.1 Å². The fourth-order valence-electron chi connectivity index (χ4n) is 7.10. The van der Waals surface area contributed by atoms with E-state index in [4.69, 9.17) is 20.9 Å². The predicted molar refractivity (Wildman–Crippen MR) is 249 cm³/mol. The Bertz CT molecular complexity index is 2970. The van der Waals surface area contributed by atoms with Crippen LogP contribution in [0, 0.1) is 49.5 Å². The Labute approximate surface area is 410 Å². The van der Waals surface area contributed by atoms with Crippen LogP contribution in [-0.4, -0.2) is 21.5 Å². The normalized spacial score (nSPS) is 11.3. The van der Waals surface area contributed by atoms with Crippen LogP contribution in [-0.2, 0) is 42.1 Å². The van der Waals surface area contributed by atoms with Gasteiger partial charge in [-0.15, -0.1) is 65.8 Å². The van der Waals surface area contributed by atoms with Gasteiger partial charge >= 0.3 is 21.1 Å². The van der Waals surface area contributed by atoms with Crippen molar-refractivity contribution in [1.82, 2.24) is 14.5 Å². The molecule has 0 saturated heterocycles. The Morgan fingerprint density at radius 3 is 1.74 bits per heavy atom. The van der Waals surface area contributed by atoms with Gasteiger partial charge in [-0.2, -0.15) is 48.6 Å². The first-order valence-electron chi connectivity index (χ1n) is 20.2. The second kappa shape index (κ2) is 22.0. The first-order chi connectivity index (χ1) is 31.1. The van der Waals surface area contributed by atoms with E-state index in [2.05, 4.69) is 103 Å². The second-order valence-electron chi connectivity index (χ2n) is 14.4. The predicted octanol–water partition coefficient (Wildman–Crippen LogP) is 13.2. The van der Waals surface area contributed by atoms with Gasteiger partial charge in [0.2, 0.25) is 0 Å². The average Bonchev–Trinajstić information content (AvgIpc) is 4.05. The van der Waals surface area contributed by atoms with Crippen LogP contribution in [0.15, 0.2) is 201 Å². The number of benzene rings is 7. The molecule has 7 aromatic carbocycles. The molecule has 3 heterocycles. The van der Waals surface area contributed by atoms with Crippen LogP contribution in [0.5, 0.6) is 23.0 Å². The standard InChI is InChI=1S/C51H33N3O2.C6H4N.2Pt/c1-53-28-29-54(36-53)44-20-13-25-48(35-44)56-47-24-12-19-40(34-47)51-50(49(26-27-52-51)39-18-11-23-46(33-39)55-45-21-9-4-10-22-45)43-31-41(37-14-5-2-6-15-37)30-42(32-43)38-16-7-3-8-17-38;1-2-7-5-3-4-6-7;;/h2-21,23-25,27-32,36H,1H3;3-6H;;/q-6;-1;;+4. The monoisotopic (exact) mass is 1200 g/mol. The third kappa shape index (κ3) is 11.3. The van der Waals surface area contributed by atoms with Gasteiger partial charge in [0.25, 0.3) is 0 Å². The van der Waals surface area contributed by atoms with E-state index in [0.29, 0.717) is 23.0 Å². The van der Waals surface area contributed by atoms with Crippen molar-refractivity contribution in [2.45, 2.75) is 0 Å². The zero-order valence-corrected chi connectivity index (χ0v) is 39.4. The molecule has 10 rings (SSSR count). The topological polar surface area (TPSA) is 42.8 Å². The number of aromatic nitrogens is 2. The maximum Gasteiger partial charge on any atom is 4.00 e. The number of rotatable bonds is 10. The number of nitrogens with zero attached hydrogens (tertiary/aromatic N) is 4. The van der Waals surface area contributed by atoms with Gasteiger partial charge in [0.15, 0.2) is 0 Å². The molecule has 0 saturated carbocycles. The fourth-order valence-corrected chi connectivity index (χ4v) is 7.10. The van der Waals surface area contributed by atoms with Gasteiger partial charge in [0, 0.05) is 56.5 Å². The summed E-state index contributed by atoms with van der Waals surface area (Å²) in [6.07, 6.45) is 15.8. The van der Waals surface area contributed by atoms with Crippen LogP contribution in [0.4, 0.5) is 5.69 Å². The van der Waals surface area contributed by atoms with Crippen molar-refractivity contribution in [2.75, 3.05) is 11.9 Å². The average molecular weight is 1200 g/mol. The van der Waals surface area contributed by atoms with E-state index in [0.717, 1.165) is 61.5 Å². The Kier molecular flexibility index (Phi) is 15.5. The van der Waals surface area contributed by atoms with Crippen LogP contribution in [0.25, 0.3) is 55.8 Å². The van der Waals surface area contributed by atoms with E-state index in [-0.39, 0.29) is 42.1 Å². The second-order valence-corrected chi connectivity index (χ2v) is 14.4. The number of para-hydroxylation sites is 1. The molecular formula is C57H37N4O2Pt2-3. The SMILES string of the molecule is CN1C=CN(c2[c-]c(Oc3[c-]c(-c4nc[c-]c(-c5[c-]c(Oc6[c-]cccc6)ccc5)c4-c4cc(-c5ccccc5)cc(-c5ccccc5)c4)ccc3)ccc2)[CH-]1.[C-]#Cn1cccc1.[Pt+4].[Pt]. The number of ether oxygens (including phenoxy) is 2. The molecule has 0 fully saturated rings. The molecule has 0 N–H and O–H groups in total. The minimum absolute atomic E-state index is 0. The molecule has 0 radical (unpaired) electrons. The van der Waals surface area contributed by atoms with Crippen molar-refractivity contribution in [3.05, 3.63) is 244 Å². The molecule has 0 spiro atoms. The summed E-state index contributed by atoms with van der Waals surface area (Å²) in [4.78, 5) is 8.98. The molecule has 0 bridgehead atoms. The summed E-state index contributed by atoms with van der Waals surface area (Å²) in [6.45, 7) is 1.98. The van der Waals surface area contributed by atoms with Crippen LogP contribution < -0.4 is 14.4 Å². The minimum Gasteiger partial charge on any atom is -0.669 e. The van der Waals surface area contributed by atoms with Crippen molar-refractivity contribution in [1.29, 1.82) is 0 Å². The number of pyridine rings is 1. The molecule has 6 nitrogen and oxygen atoms in total. The summed E-state index contributed by atoms with van der Waals surface area (Å²) in [5.41, 5.74) is 10.2. The summed E-state index contributed by atoms with van der Waals surface area (Å²) in [5, 5.41) is 0. The van der Waals surface area contributed by atoms with Gasteiger partial charge in [0.05, 0.1) is 0 Å². The van der Waals surface area contributed by atoms with E-state index < -0.39 is 0 Å². The Balaban J connectivity index is 0.000000642. The van der Waals surface area contributed by atoms with Crippen molar-refractivity contribution < 1.29 is 51.6 Å². The third-order valence-corrected chi connectivity index (χ3v) is 10.0. The van der Waals surface area contributed by atoms with Crippen molar-refractivity contribution in [3.63, 3.8) is 0 Å². The largest absolute Gasteiger partial charge is 4.00 e. The summed E-state index contributed by atoms with van der Waals surface area (Å²) in [7, 11) is 1.98. The van der Waals surface area contributed by atoms with E-state index in [1.807, 2.05) is 139 Å². The first kappa shape index (κ1) is 45.9. The smallest absolute Gasteiger partial charge is 0.669 e. The Morgan fingerprint density at radius 2 is 1.14 bits per heavy atom. The van der Waals surface area contributed by atoms with Crippen molar-refractivity contribution in [3.8, 4) is 84.8 Å². The van der Waals surface area contributed by atoms with Crippen molar-refractivity contribution in [2.24, 2.45) is 0 Å². The molecule has 0 unspecified atom stereocenters. The number of hydrogen-bond donors (Lipinski definition) is 0. The molecule has 9 aromatic rings. The van der Waals surface area contributed by atoms with E-state index in [1.165, 1.54) is 0 Å². The van der Waals surface area contributed by atoms with E-state index in [1.54, 1.807) is 23.2 Å². The molecule has 2 aromatic heterocycles. The molecular weight excluding hydrogens is 1160 g/mol. The zero-order valence-electron chi connectivity index (χ0n) is 34.9. The molecule has 320 valence electrons. The van der Waals surface area contributed by atoms with Crippen LogP contribution >= 0.6 is 0 Å². The van der Waals surface area contributed by atoms with Crippen LogP contribution in [0.2, 0.25) is 0 Å². The maximum absolute atomic E-state index is 6.57. The molecule has 65 heavy (non-hydrogen) atoms. The minimum atomic E-state index is 0. The first-order valence-corrected chi connectivity index (χ1v) is 20.2. The van der Waals surface area contributed by atoms with Gasteiger partial charge in [-0.05, 0) is 59.9 Å². The summed E-state index contributed by atoms with van der Waals surface area (Å²) in [5.74, 6) is 2.30. The van der Waals surface area contributed by atoms with Gasteiger partial charge in [0.1, 0.15) is 0 Å². The molecule has 0 atom stereocenters. The quantitative estimate of drug-likeness (QED) is 0.101. The van der Waals surface area contributed by atoms with E-state index in [9.17, 15) is 0 Å². The Morgan fingerprint density at radius 1 is 0.569 bits per heavy atom. The van der Waals surface area contributed by atoms with E-state index >= 15 is 0 Å². The van der Waals surface area contributed by atoms with Gasteiger partial charge in [-0.1, -0.05) is 96.3 Å². The van der Waals surface area contributed by atoms with Gasteiger partial charge < -0.3 is 35.2 Å². The van der Waals surface area contributed by atoms with Crippen molar-refractivity contribution >= 4 is 5.69 Å². The van der Waals surface area contributed by atoms with Gasteiger partial charge in [-0.25, -0.2) is 18.2 Å². The molecule has 1 aliphatic heterocycles. The van der Waals surface area contributed by atoms with Crippen LogP contribution in [0.1, 0.15) is 0 Å². The maximum atomic E-state index is 6.57. The molecule has 8 heteroatoms. The molecule has 1 aliphatic rings. The summed E-state index contributed by atoms with van der Waals surface area (Å²) >= 11 is 0.